The van der Waals surface area contributed by atoms with Gasteiger partial charge in [-0.3, -0.25) is 0 Å². The number of nitrogens with two attached hydrogens (primary N) is 1. The van der Waals surface area contributed by atoms with Gasteiger partial charge < -0.3 is 11.1 Å². The molecule has 0 aromatic heterocycles. The Kier molecular flexibility index (Phi) is 4.59. The van der Waals surface area contributed by atoms with Gasteiger partial charge in [-0.15, -0.1) is 0 Å². The van der Waals surface area contributed by atoms with Crippen molar-refractivity contribution in [3.63, 3.8) is 0 Å². The van der Waals surface area contributed by atoms with E-state index in [-0.39, 0.29) is 11.5 Å². The van der Waals surface area contributed by atoms with Crippen LogP contribution < -0.4 is 11.1 Å². The number of anilines is 1. The Morgan fingerprint density at radius 2 is 2.06 bits per heavy atom. The second kappa shape index (κ2) is 5.55. The summed E-state index contributed by atoms with van der Waals surface area (Å²) in [5, 5.41) is 2.93. The van der Waals surface area contributed by atoms with Crippen LogP contribution in [0.25, 0.3) is 0 Å². The van der Waals surface area contributed by atoms with E-state index in [1.165, 1.54) is 6.07 Å². The van der Waals surface area contributed by atoms with Gasteiger partial charge in [-0.25, -0.2) is 0 Å². The highest BCUT2D eigenvalue weighted by Crippen LogP contribution is 2.22. The first-order valence-electron chi connectivity index (χ1n) is 4.69. The fraction of sp³-hybridized carbons (Fsp3) is 0.300. The van der Waals surface area contributed by atoms with E-state index in [2.05, 4.69) is 5.32 Å². The van der Waals surface area contributed by atoms with Crippen LogP contribution in [-0.2, 0) is 0 Å². The average Bonchev–Trinajstić information content (AvgIpc) is 2.15. The molecule has 0 fully saturated rings. The van der Waals surface area contributed by atoms with E-state index in [0.29, 0.717) is 16.3 Å². The van der Waals surface area contributed by atoms with Crippen LogP contribution >= 0.6 is 23.8 Å². The Balaban J connectivity index is 2.62. The van der Waals surface area contributed by atoms with Gasteiger partial charge >= 0.3 is 6.18 Å². The van der Waals surface area contributed by atoms with E-state index in [1.807, 2.05) is 0 Å². The lowest BCUT2D eigenvalue weighted by Gasteiger charge is -2.10. The third-order valence-electron chi connectivity index (χ3n) is 1.97. The van der Waals surface area contributed by atoms with Crippen molar-refractivity contribution in [1.29, 1.82) is 0 Å². The van der Waals surface area contributed by atoms with Gasteiger partial charge in [0.2, 0.25) is 0 Å². The number of nitrogens with one attached hydrogen (secondary N) is 1. The van der Waals surface area contributed by atoms with Crippen LogP contribution in [0.2, 0.25) is 5.02 Å². The summed E-state index contributed by atoms with van der Waals surface area (Å²) in [6.07, 6.45) is -5.07. The molecule has 0 amide bonds. The molecule has 2 nitrogen and oxygen atoms in total. The molecule has 1 rings (SSSR count). The zero-order chi connectivity index (χ0) is 13.1. The smallest absolute Gasteiger partial charge is 0.389 e. The van der Waals surface area contributed by atoms with Crippen LogP contribution in [0, 0.1) is 0 Å². The predicted octanol–water partition coefficient (Wildman–Crippen LogP) is 3.34. The first-order chi connectivity index (χ1) is 7.79. The van der Waals surface area contributed by atoms with E-state index in [4.69, 9.17) is 29.6 Å². The Morgan fingerprint density at radius 1 is 1.41 bits per heavy atom. The lowest BCUT2D eigenvalue weighted by Crippen LogP contribution is -2.15. The van der Waals surface area contributed by atoms with Crippen molar-refractivity contribution in [3.05, 3.63) is 28.8 Å². The van der Waals surface area contributed by atoms with E-state index >= 15 is 0 Å². The molecule has 0 aliphatic heterocycles. The molecule has 17 heavy (non-hydrogen) atoms. The standard InChI is InChI=1S/C10H10ClF3N2S/c11-8-5-6(1-2-7(8)9(15)17)16-4-3-10(12,13)14/h1-2,5,16H,3-4H2,(H2,15,17). The number of alkyl halides is 3. The predicted molar refractivity (Wildman–Crippen MR) is 66.5 cm³/mol. The summed E-state index contributed by atoms with van der Waals surface area (Å²) in [5.74, 6) is 0. The normalized spacial score (nSPS) is 11.3. The molecule has 0 saturated carbocycles. The summed E-state index contributed by atoms with van der Waals surface area (Å²) in [6, 6.07) is 4.64. The van der Waals surface area contributed by atoms with E-state index in [1.54, 1.807) is 12.1 Å². The molecule has 7 heteroatoms. The highest BCUT2D eigenvalue weighted by atomic mass is 35.5. The highest BCUT2D eigenvalue weighted by Gasteiger charge is 2.26. The molecule has 0 atom stereocenters. The maximum Gasteiger partial charge on any atom is 0.390 e. The summed E-state index contributed by atoms with van der Waals surface area (Å²) in [6.45, 7) is -0.202. The molecule has 3 N–H and O–H groups in total. The highest BCUT2D eigenvalue weighted by molar-refractivity contribution is 7.80. The number of hydrogen-bond donors (Lipinski definition) is 2. The molecule has 0 radical (unpaired) electrons. The fourth-order valence-corrected chi connectivity index (χ4v) is 1.69. The molecule has 94 valence electrons. The Bertz CT molecular complexity index is 421. The SMILES string of the molecule is NC(=S)c1ccc(NCCC(F)(F)F)cc1Cl. The monoisotopic (exact) mass is 282 g/mol. The van der Waals surface area contributed by atoms with E-state index < -0.39 is 12.6 Å². The van der Waals surface area contributed by atoms with Crippen molar-refractivity contribution in [3.8, 4) is 0 Å². The van der Waals surface area contributed by atoms with Crippen LogP contribution in [0.15, 0.2) is 18.2 Å². The molecule has 1 aromatic rings. The van der Waals surface area contributed by atoms with Crippen LogP contribution in [0.5, 0.6) is 0 Å². The molecule has 0 aliphatic rings. The second-order valence-electron chi connectivity index (χ2n) is 3.35. The quantitative estimate of drug-likeness (QED) is 0.832. The van der Waals surface area contributed by atoms with Crippen molar-refractivity contribution >= 4 is 34.5 Å². The molecule has 0 aliphatic carbocycles. The summed E-state index contributed by atoms with van der Waals surface area (Å²) < 4.78 is 35.7. The Morgan fingerprint density at radius 3 is 2.53 bits per heavy atom. The summed E-state index contributed by atoms with van der Waals surface area (Å²) in [5.41, 5.74) is 6.40. The largest absolute Gasteiger partial charge is 0.390 e. The summed E-state index contributed by atoms with van der Waals surface area (Å²) in [7, 11) is 0. The fourth-order valence-electron chi connectivity index (χ4n) is 1.17. The third-order valence-corrected chi connectivity index (χ3v) is 2.50. The number of rotatable bonds is 4. The second-order valence-corrected chi connectivity index (χ2v) is 4.20. The van der Waals surface area contributed by atoms with Crippen molar-refractivity contribution < 1.29 is 13.2 Å². The minimum absolute atomic E-state index is 0.150. The summed E-state index contributed by atoms with van der Waals surface area (Å²) >= 11 is 10.6. The Labute approximate surface area is 107 Å². The van der Waals surface area contributed by atoms with Gasteiger partial charge in [-0.05, 0) is 18.2 Å². The molecule has 0 unspecified atom stereocenters. The molecule has 0 saturated heterocycles. The number of thiocarbonyl (C=S) groups is 1. The zero-order valence-electron chi connectivity index (χ0n) is 8.64. The first-order valence-corrected chi connectivity index (χ1v) is 5.48. The molecule has 0 heterocycles. The van der Waals surface area contributed by atoms with Crippen molar-refractivity contribution in [2.24, 2.45) is 5.73 Å². The molecule has 0 bridgehead atoms. The topological polar surface area (TPSA) is 38.0 Å². The average molecular weight is 283 g/mol. The van der Waals surface area contributed by atoms with Crippen LogP contribution in [0.3, 0.4) is 0 Å². The lowest BCUT2D eigenvalue weighted by atomic mass is 10.2. The zero-order valence-corrected chi connectivity index (χ0v) is 10.2. The van der Waals surface area contributed by atoms with Gasteiger partial charge in [0.05, 0.1) is 11.4 Å². The van der Waals surface area contributed by atoms with Gasteiger partial charge in [0.1, 0.15) is 4.99 Å². The van der Waals surface area contributed by atoms with E-state index in [9.17, 15) is 13.2 Å². The van der Waals surface area contributed by atoms with Gasteiger partial charge in [-0.1, -0.05) is 23.8 Å². The number of benzene rings is 1. The molecular weight excluding hydrogens is 273 g/mol. The van der Waals surface area contributed by atoms with Gasteiger partial charge in [-0.2, -0.15) is 13.2 Å². The number of hydrogen-bond acceptors (Lipinski definition) is 2. The minimum Gasteiger partial charge on any atom is -0.389 e. The lowest BCUT2D eigenvalue weighted by molar-refractivity contribution is -0.131. The maximum atomic E-state index is 11.9. The molecule has 0 spiro atoms. The summed E-state index contributed by atoms with van der Waals surface area (Å²) in [4.78, 5) is 0.150. The number of halogens is 4. The van der Waals surface area contributed by atoms with Crippen LogP contribution in [0.4, 0.5) is 18.9 Å². The van der Waals surface area contributed by atoms with Crippen molar-refractivity contribution in [2.45, 2.75) is 12.6 Å². The van der Waals surface area contributed by atoms with E-state index in [0.717, 1.165) is 0 Å². The minimum atomic E-state index is -4.17. The van der Waals surface area contributed by atoms with Crippen molar-refractivity contribution in [1.82, 2.24) is 0 Å². The molecular formula is C10H10ClF3N2S. The van der Waals surface area contributed by atoms with Crippen LogP contribution in [-0.4, -0.2) is 17.7 Å². The van der Waals surface area contributed by atoms with Gasteiger partial charge in [0.25, 0.3) is 0 Å². The Hall–Kier alpha value is -1.01. The van der Waals surface area contributed by atoms with Crippen LogP contribution in [0.1, 0.15) is 12.0 Å². The molecule has 1 aromatic carbocycles. The van der Waals surface area contributed by atoms with Gasteiger partial charge in [0.15, 0.2) is 0 Å². The van der Waals surface area contributed by atoms with Gasteiger partial charge in [0, 0.05) is 17.8 Å². The first kappa shape index (κ1) is 14.1. The maximum absolute atomic E-state index is 11.9. The third kappa shape index (κ3) is 4.79. The van der Waals surface area contributed by atoms with Crippen molar-refractivity contribution in [2.75, 3.05) is 11.9 Å².